The molecule has 0 aliphatic carbocycles. The molecule has 26 heavy (non-hydrogen) atoms. The average molecular weight is 370 g/mol. The van der Waals surface area contributed by atoms with E-state index in [4.69, 9.17) is 0 Å². The molecule has 7 heteroatoms. The predicted molar refractivity (Wildman–Crippen MR) is 102 cm³/mol. The van der Waals surface area contributed by atoms with Crippen molar-refractivity contribution in [1.29, 1.82) is 0 Å². The fourth-order valence-electron chi connectivity index (χ4n) is 2.71. The number of thiazole rings is 1. The van der Waals surface area contributed by atoms with Crippen LogP contribution in [0.2, 0.25) is 0 Å². The monoisotopic (exact) mass is 370 g/mol. The summed E-state index contributed by atoms with van der Waals surface area (Å²) in [5.74, 6) is -0.240. The van der Waals surface area contributed by atoms with E-state index in [0.29, 0.717) is 31.6 Å². The van der Waals surface area contributed by atoms with Gasteiger partial charge in [0.15, 0.2) is 0 Å². The highest BCUT2D eigenvalue weighted by Gasteiger charge is 2.24. The quantitative estimate of drug-likeness (QED) is 0.762. The topological polar surface area (TPSA) is 74.7 Å². The van der Waals surface area contributed by atoms with Gasteiger partial charge in [-0.1, -0.05) is 30.3 Å². The molecule has 0 saturated heterocycles. The minimum absolute atomic E-state index is 0.0513. The summed E-state index contributed by atoms with van der Waals surface area (Å²) in [6, 6.07) is 9.65. The fraction of sp³-hybridized carbons (Fsp3) is 0.368. The van der Waals surface area contributed by atoms with Gasteiger partial charge in [0.1, 0.15) is 5.71 Å². The number of hydrogen-bond donors (Lipinski definition) is 1. The number of hydrogen-bond acceptors (Lipinski definition) is 5. The highest BCUT2D eigenvalue weighted by Crippen LogP contribution is 2.14. The van der Waals surface area contributed by atoms with Crippen molar-refractivity contribution in [2.75, 3.05) is 6.54 Å². The molecule has 1 aliphatic rings. The maximum Gasteiger partial charge on any atom is 0.267 e. The Morgan fingerprint density at radius 3 is 2.81 bits per heavy atom. The second-order valence-electron chi connectivity index (χ2n) is 6.23. The molecule has 2 heterocycles. The zero-order valence-electron chi connectivity index (χ0n) is 14.8. The van der Waals surface area contributed by atoms with Crippen LogP contribution in [0.5, 0.6) is 0 Å². The molecule has 0 radical (unpaired) electrons. The molecule has 0 fully saturated rings. The molecule has 6 nitrogen and oxygen atoms in total. The summed E-state index contributed by atoms with van der Waals surface area (Å²) in [5, 5.41) is 11.7. The number of carbonyl (C=O) groups excluding carboxylic acids is 2. The minimum Gasteiger partial charge on any atom is -0.351 e. The molecular weight excluding hydrogens is 348 g/mol. The van der Waals surface area contributed by atoms with Crippen LogP contribution in [0.25, 0.3) is 0 Å². The molecule has 0 bridgehead atoms. The van der Waals surface area contributed by atoms with Crippen LogP contribution in [0.3, 0.4) is 0 Å². The number of hydrazone groups is 1. The molecule has 3 rings (SSSR count). The Hall–Kier alpha value is -2.54. The first-order valence-corrected chi connectivity index (χ1v) is 9.61. The average Bonchev–Trinajstić information content (AvgIpc) is 3.06. The van der Waals surface area contributed by atoms with E-state index in [1.807, 2.05) is 42.6 Å². The van der Waals surface area contributed by atoms with Gasteiger partial charge in [0.2, 0.25) is 5.91 Å². The Labute approximate surface area is 156 Å². The smallest absolute Gasteiger partial charge is 0.267 e. The number of carbonyl (C=O) groups is 2. The summed E-state index contributed by atoms with van der Waals surface area (Å²) in [4.78, 5) is 28.8. The first-order valence-electron chi connectivity index (χ1n) is 8.73. The van der Waals surface area contributed by atoms with Crippen molar-refractivity contribution in [2.24, 2.45) is 5.10 Å². The lowest BCUT2D eigenvalue weighted by atomic mass is 10.1. The molecule has 0 unspecified atom stereocenters. The van der Waals surface area contributed by atoms with Crippen LogP contribution in [0, 0.1) is 6.92 Å². The summed E-state index contributed by atoms with van der Waals surface area (Å²) in [6.07, 6.45) is 2.39. The lowest BCUT2D eigenvalue weighted by Crippen LogP contribution is -2.39. The van der Waals surface area contributed by atoms with E-state index in [1.54, 1.807) is 11.3 Å². The molecule has 2 aromatic rings. The number of amides is 2. The predicted octanol–water partition coefficient (Wildman–Crippen LogP) is 2.68. The number of aryl methyl sites for hydroxylation is 2. The summed E-state index contributed by atoms with van der Waals surface area (Å²) >= 11 is 1.65. The Bertz CT molecular complexity index is 801. The molecule has 0 spiro atoms. The lowest BCUT2D eigenvalue weighted by Gasteiger charge is -2.23. The van der Waals surface area contributed by atoms with Crippen molar-refractivity contribution >= 4 is 28.9 Å². The van der Waals surface area contributed by atoms with Gasteiger partial charge in [-0.3, -0.25) is 9.59 Å². The normalized spacial score (nSPS) is 14.3. The summed E-state index contributed by atoms with van der Waals surface area (Å²) in [7, 11) is 0. The van der Waals surface area contributed by atoms with Crippen molar-refractivity contribution in [3.63, 3.8) is 0 Å². The SMILES string of the molecule is Cc1csc(CCCNC(=O)C2=NN(Cc3ccccc3)C(=O)CC2)n1. The molecule has 1 aromatic carbocycles. The van der Waals surface area contributed by atoms with Crippen LogP contribution in [0.4, 0.5) is 0 Å². The van der Waals surface area contributed by atoms with Crippen LogP contribution in [-0.4, -0.2) is 34.1 Å². The van der Waals surface area contributed by atoms with Crippen molar-refractivity contribution in [1.82, 2.24) is 15.3 Å². The van der Waals surface area contributed by atoms with E-state index in [-0.39, 0.29) is 11.8 Å². The van der Waals surface area contributed by atoms with Crippen LogP contribution < -0.4 is 5.32 Å². The molecule has 2 amide bonds. The van der Waals surface area contributed by atoms with Crippen molar-refractivity contribution in [2.45, 2.75) is 39.2 Å². The summed E-state index contributed by atoms with van der Waals surface area (Å²) < 4.78 is 0. The zero-order chi connectivity index (χ0) is 18.4. The third-order valence-electron chi connectivity index (χ3n) is 4.06. The standard InChI is InChI=1S/C19H22N4O2S/c1-14-13-26-17(21-14)8-5-11-20-19(25)16-9-10-18(24)23(22-16)12-15-6-3-2-4-7-15/h2-4,6-7,13H,5,8-12H2,1H3,(H,20,25). The van der Waals surface area contributed by atoms with Gasteiger partial charge in [-0.15, -0.1) is 11.3 Å². The van der Waals surface area contributed by atoms with Gasteiger partial charge in [0, 0.05) is 36.9 Å². The number of aromatic nitrogens is 1. The van der Waals surface area contributed by atoms with Gasteiger partial charge in [-0.05, 0) is 18.9 Å². The molecule has 136 valence electrons. The van der Waals surface area contributed by atoms with Gasteiger partial charge in [0.05, 0.1) is 11.6 Å². The fourth-order valence-corrected chi connectivity index (χ4v) is 3.52. The van der Waals surface area contributed by atoms with E-state index in [9.17, 15) is 9.59 Å². The van der Waals surface area contributed by atoms with E-state index < -0.39 is 0 Å². The third kappa shape index (κ3) is 4.98. The van der Waals surface area contributed by atoms with Gasteiger partial charge < -0.3 is 5.32 Å². The molecule has 0 atom stereocenters. The molecule has 1 aromatic heterocycles. The molecule has 0 saturated carbocycles. The van der Waals surface area contributed by atoms with Gasteiger partial charge >= 0.3 is 0 Å². The Morgan fingerprint density at radius 1 is 1.27 bits per heavy atom. The highest BCUT2D eigenvalue weighted by atomic mass is 32.1. The van der Waals surface area contributed by atoms with E-state index in [1.165, 1.54) is 5.01 Å². The second kappa shape index (κ2) is 8.71. The van der Waals surface area contributed by atoms with Crippen molar-refractivity contribution in [3.8, 4) is 0 Å². The number of rotatable bonds is 7. The first-order chi connectivity index (χ1) is 12.6. The third-order valence-corrected chi connectivity index (χ3v) is 5.09. The Kier molecular flexibility index (Phi) is 6.12. The molecule has 1 aliphatic heterocycles. The van der Waals surface area contributed by atoms with Crippen LogP contribution >= 0.6 is 11.3 Å². The number of benzene rings is 1. The van der Waals surface area contributed by atoms with Crippen molar-refractivity contribution in [3.05, 3.63) is 52.0 Å². The van der Waals surface area contributed by atoms with Gasteiger partial charge in [-0.25, -0.2) is 9.99 Å². The Morgan fingerprint density at radius 2 is 2.08 bits per heavy atom. The van der Waals surface area contributed by atoms with Crippen LogP contribution in [0.15, 0.2) is 40.8 Å². The van der Waals surface area contributed by atoms with E-state index in [2.05, 4.69) is 15.4 Å². The maximum atomic E-state index is 12.3. The maximum absolute atomic E-state index is 12.3. The minimum atomic E-state index is -0.189. The lowest BCUT2D eigenvalue weighted by molar-refractivity contribution is -0.132. The van der Waals surface area contributed by atoms with Crippen LogP contribution in [0.1, 0.15) is 35.5 Å². The highest BCUT2D eigenvalue weighted by molar-refractivity contribution is 7.09. The van der Waals surface area contributed by atoms with E-state index >= 15 is 0 Å². The van der Waals surface area contributed by atoms with Gasteiger partial charge in [-0.2, -0.15) is 5.10 Å². The molecular formula is C19H22N4O2S. The zero-order valence-corrected chi connectivity index (χ0v) is 15.6. The summed E-state index contributed by atoms with van der Waals surface area (Å²) in [5.41, 5.74) is 2.45. The largest absolute Gasteiger partial charge is 0.351 e. The van der Waals surface area contributed by atoms with Crippen molar-refractivity contribution < 1.29 is 9.59 Å². The number of nitrogens with zero attached hydrogens (tertiary/aromatic N) is 3. The van der Waals surface area contributed by atoms with Gasteiger partial charge in [0.25, 0.3) is 5.91 Å². The van der Waals surface area contributed by atoms with E-state index in [0.717, 1.165) is 29.1 Å². The Balaban J connectivity index is 1.51. The molecule has 1 N–H and O–H groups in total. The second-order valence-corrected chi connectivity index (χ2v) is 7.17. The number of nitrogens with one attached hydrogen (secondary N) is 1. The van der Waals surface area contributed by atoms with Crippen LogP contribution in [-0.2, 0) is 22.6 Å². The summed E-state index contributed by atoms with van der Waals surface area (Å²) in [6.45, 7) is 2.94. The first kappa shape index (κ1) is 18.3.